The molecule has 0 atom stereocenters. The summed E-state index contributed by atoms with van der Waals surface area (Å²) < 4.78 is 21.6. The first-order valence-corrected chi connectivity index (χ1v) is 15.6. The van der Waals surface area contributed by atoms with E-state index < -0.39 is 0 Å². The lowest BCUT2D eigenvalue weighted by atomic mass is 10.1. The summed E-state index contributed by atoms with van der Waals surface area (Å²) in [5, 5.41) is 4.75. The van der Waals surface area contributed by atoms with Crippen LogP contribution in [0, 0.1) is 5.82 Å². The number of nitrogens with one attached hydrogen (secondary N) is 1. The minimum atomic E-state index is -0.297. The summed E-state index contributed by atoms with van der Waals surface area (Å²) in [7, 11) is 0. The summed E-state index contributed by atoms with van der Waals surface area (Å²) in [5.74, 6) is 0.902. The molecule has 0 bridgehead atoms. The Kier molecular flexibility index (Phi) is 10.5. The summed E-state index contributed by atoms with van der Waals surface area (Å²) in [6.07, 6.45) is 6.08. The minimum absolute atomic E-state index is 0.218. The van der Waals surface area contributed by atoms with Crippen molar-refractivity contribution in [2.24, 2.45) is 0 Å². The first-order valence-electron chi connectivity index (χ1n) is 15.2. The fourth-order valence-electron chi connectivity index (χ4n) is 5.27. The molecule has 0 saturated heterocycles. The molecule has 9 heteroatoms. The monoisotopic (exact) mass is 614 g/mol. The van der Waals surface area contributed by atoms with Crippen molar-refractivity contribution in [3.05, 3.63) is 107 Å². The van der Waals surface area contributed by atoms with E-state index in [0.29, 0.717) is 16.6 Å². The first-order chi connectivity index (χ1) is 21.4. The lowest BCUT2D eigenvalue weighted by molar-refractivity contribution is 0.281. The third-order valence-corrected chi connectivity index (χ3v) is 8.27. The van der Waals surface area contributed by atoms with Gasteiger partial charge in [-0.25, -0.2) is 14.4 Å². The molecule has 0 amide bonds. The molecule has 5 rings (SSSR count). The van der Waals surface area contributed by atoms with E-state index in [0.717, 1.165) is 67.1 Å². The minimum Gasteiger partial charge on any atom is -0.487 e. The SMILES string of the molecule is CCN(CC)Cc1cn(-c2ccc3ncnc(Nc4ccc(OCc5cccc(F)c5)c(Cl)c4)c3c2)cc1CN(CC)CC. The zero-order chi connectivity index (χ0) is 31.1. The number of aromatic nitrogens is 3. The Balaban J connectivity index is 1.40. The van der Waals surface area contributed by atoms with E-state index in [-0.39, 0.29) is 12.4 Å². The Hall–Kier alpha value is -3.98. The van der Waals surface area contributed by atoms with Gasteiger partial charge in [-0.15, -0.1) is 0 Å². The number of hydrogen-bond donors (Lipinski definition) is 1. The predicted octanol–water partition coefficient (Wildman–Crippen LogP) is 8.22. The van der Waals surface area contributed by atoms with Crippen LogP contribution in [-0.4, -0.2) is 50.5 Å². The highest BCUT2D eigenvalue weighted by molar-refractivity contribution is 6.32. The molecule has 0 radical (unpaired) electrons. The fraction of sp³-hybridized carbons (Fsp3) is 0.314. The van der Waals surface area contributed by atoms with Crippen molar-refractivity contribution < 1.29 is 9.13 Å². The molecule has 0 aliphatic heterocycles. The molecule has 5 aromatic rings. The van der Waals surface area contributed by atoms with Gasteiger partial charge < -0.3 is 14.6 Å². The van der Waals surface area contributed by atoms with Gasteiger partial charge in [-0.05, 0) is 91.4 Å². The summed E-state index contributed by atoms with van der Waals surface area (Å²) in [4.78, 5) is 14.0. The average molecular weight is 615 g/mol. The number of ether oxygens (including phenoxy) is 1. The topological polar surface area (TPSA) is 58.5 Å². The van der Waals surface area contributed by atoms with Crippen LogP contribution in [0.5, 0.6) is 5.75 Å². The van der Waals surface area contributed by atoms with Gasteiger partial charge in [0.25, 0.3) is 0 Å². The van der Waals surface area contributed by atoms with Gasteiger partial charge in [0.2, 0.25) is 0 Å². The normalized spacial score (nSPS) is 11.5. The lowest BCUT2D eigenvalue weighted by Gasteiger charge is -2.21. The summed E-state index contributed by atoms with van der Waals surface area (Å²) in [6, 6.07) is 18.1. The maximum absolute atomic E-state index is 13.5. The molecule has 230 valence electrons. The highest BCUT2D eigenvalue weighted by Gasteiger charge is 2.15. The highest BCUT2D eigenvalue weighted by atomic mass is 35.5. The molecule has 0 aliphatic rings. The standard InChI is InChI=1S/C35H40ClFN6O/c1-5-41(6-2)19-26-21-43(22-27(26)20-42(7-3)8-4)30-13-14-33-31(18-30)35(39-24-38-33)40-29-12-15-34(32(36)17-29)44-23-25-10-9-11-28(37)16-25/h9-18,21-22,24H,5-8,19-20,23H2,1-4H3,(H,38,39,40). The average Bonchev–Trinajstić information content (AvgIpc) is 3.44. The van der Waals surface area contributed by atoms with E-state index in [1.54, 1.807) is 24.5 Å². The molecule has 0 spiro atoms. The van der Waals surface area contributed by atoms with Crippen LogP contribution >= 0.6 is 11.6 Å². The number of fused-ring (bicyclic) bond motifs is 1. The number of nitrogens with zero attached hydrogens (tertiary/aromatic N) is 5. The van der Waals surface area contributed by atoms with Crippen LogP contribution in [0.3, 0.4) is 0 Å². The smallest absolute Gasteiger partial charge is 0.141 e. The van der Waals surface area contributed by atoms with Gasteiger partial charge in [0.1, 0.15) is 30.3 Å². The van der Waals surface area contributed by atoms with Crippen molar-refractivity contribution in [3.8, 4) is 11.4 Å². The van der Waals surface area contributed by atoms with Gasteiger partial charge in [-0.2, -0.15) is 0 Å². The van der Waals surface area contributed by atoms with Crippen LogP contribution < -0.4 is 10.1 Å². The van der Waals surface area contributed by atoms with E-state index in [2.05, 4.69) is 81.9 Å². The van der Waals surface area contributed by atoms with Crippen molar-refractivity contribution in [3.63, 3.8) is 0 Å². The van der Waals surface area contributed by atoms with E-state index >= 15 is 0 Å². The second-order valence-corrected chi connectivity index (χ2v) is 11.2. The quantitative estimate of drug-likeness (QED) is 0.136. The molecule has 0 aliphatic carbocycles. The molecular weight excluding hydrogens is 575 g/mol. The Labute approximate surface area is 264 Å². The molecule has 1 N–H and O–H groups in total. The van der Waals surface area contributed by atoms with Gasteiger partial charge in [-0.1, -0.05) is 51.4 Å². The van der Waals surface area contributed by atoms with Gasteiger partial charge in [0.05, 0.1) is 10.5 Å². The van der Waals surface area contributed by atoms with Gasteiger partial charge >= 0.3 is 0 Å². The first kappa shape index (κ1) is 31.4. The van der Waals surface area contributed by atoms with Gasteiger partial charge in [0, 0.05) is 42.2 Å². The number of anilines is 2. The second kappa shape index (κ2) is 14.7. The van der Waals surface area contributed by atoms with E-state index in [4.69, 9.17) is 16.3 Å². The Morgan fingerprint density at radius 1 is 0.841 bits per heavy atom. The summed E-state index contributed by atoms with van der Waals surface area (Å²) in [6.45, 7) is 15.0. The van der Waals surface area contributed by atoms with Crippen LogP contribution in [0.25, 0.3) is 16.6 Å². The molecule has 3 aromatic carbocycles. The van der Waals surface area contributed by atoms with Crippen LogP contribution in [0.1, 0.15) is 44.4 Å². The summed E-state index contributed by atoms with van der Waals surface area (Å²) in [5.41, 5.74) is 6.07. The Bertz CT molecular complexity index is 1670. The third kappa shape index (κ3) is 7.56. The molecular formula is C35H40ClFN6O. The van der Waals surface area contributed by atoms with Gasteiger partial charge in [0.15, 0.2) is 0 Å². The van der Waals surface area contributed by atoms with Crippen molar-refractivity contribution in [2.45, 2.75) is 47.4 Å². The van der Waals surface area contributed by atoms with Crippen LogP contribution in [0.2, 0.25) is 5.02 Å². The predicted molar refractivity (Wildman–Crippen MR) is 178 cm³/mol. The lowest BCUT2D eigenvalue weighted by Crippen LogP contribution is -2.25. The molecule has 2 aromatic heterocycles. The Morgan fingerprint density at radius 2 is 1.55 bits per heavy atom. The molecule has 0 fully saturated rings. The zero-order valence-corrected chi connectivity index (χ0v) is 26.6. The van der Waals surface area contributed by atoms with Crippen molar-refractivity contribution in [2.75, 3.05) is 31.5 Å². The van der Waals surface area contributed by atoms with Crippen LogP contribution in [0.4, 0.5) is 15.9 Å². The Morgan fingerprint density at radius 3 is 2.18 bits per heavy atom. The molecule has 7 nitrogen and oxygen atoms in total. The van der Waals surface area contributed by atoms with E-state index in [9.17, 15) is 4.39 Å². The fourth-order valence-corrected chi connectivity index (χ4v) is 5.51. The number of halogens is 2. The maximum Gasteiger partial charge on any atom is 0.141 e. The van der Waals surface area contributed by atoms with E-state index in [1.807, 2.05) is 18.2 Å². The highest BCUT2D eigenvalue weighted by Crippen LogP contribution is 2.32. The maximum atomic E-state index is 13.5. The van der Waals surface area contributed by atoms with Crippen molar-refractivity contribution in [1.29, 1.82) is 0 Å². The van der Waals surface area contributed by atoms with E-state index in [1.165, 1.54) is 23.3 Å². The molecule has 0 saturated carbocycles. The molecule has 2 heterocycles. The molecule has 0 unspecified atom stereocenters. The van der Waals surface area contributed by atoms with Crippen LogP contribution in [-0.2, 0) is 19.7 Å². The zero-order valence-electron chi connectivity index (χ0n) is 25.9. The van der Waals surface area contributed by atoms with Gasteiger partial charge in [-0.3, -0.25) is 9.80 Å². The molecule has 44 heavy (non-hydrogen) atoms. The summed E-state index contributed by atoms with van der Waals surface area (Å²) >= 11 is 6.57. The van der Waals surface area contributed by atoms with Crippen molar-refractivity contribution >= 4 is 34.0 Å². The van der Waals surface area contributed by atoms with Crippen LogP contribution in [0.15, 0.2) is 79.4 Å². The largest absolute Gasteiger partial charge is 0.487 e. The number of hydrogen-bond acceptors (Lipinski definition) is 6. The number of benzene rings is 3. The van der Waals surface area contributed by atoms with Crippen molar-refractivity contribution in [1.82, 2.24) is 24.3 Å². The number of rotatable bonds is 14. The third-order valence-electron chi connectivity index (χ3n) is 7.97. The second-order valence-electron chi connectivity index (χ2n) is 10.8.